The first-order chi connectivity index (χ1) is 31.1. The van der Waals surface area contributed by atoms with Gasteiger partial charge >= 0.3 is 0 Å². The Morgan fingerprint density at radius 1 is 0.531 bits per heavy atom. The molecule has 0 aliphatic rings. The van der Waals surface area contributed by atoms with E-state index >= 15 is 0 Å². The van der Waals surface area contributed by atoms with E-state index in [0.29, 0.717) is 0 Å². The van der Waals surface area contributed by atoms with Crippen LogP contribution in [0.2, 0.25) is 0 Å². The molecule has 0 amide bonds. The number of hydrogen-bond donors (Lipinski definition) is 4. The van der Waals surface area contributed by atoms with E-state index < -0.39 is 0 Å². The van der Waals surface area contributed by atoms with Crippen molar-refractivity contribution in [2.75, 3.05) is 37.1 Å². The van der Waals surface area contributed by atoms with Crippen LogP contribution in [0.5, 0.6) is 0 Å². The summed E-state index contributed by atoms with van der Waals surface area (Å²) in [5, 5.41) is 28.8. The van der Waals surface area contributed by atoms with E-state index in [-0.39, 0.29) is 0 Å². The monoisotopic (exact) mass is 914 g/mol. The maximum atomic E-state index is 4.47. The molecule has 0 atom stereocenters. The topological polar surface area (TPSA) is 139 Å². The van der Waals surface area contributed by atoms with Gasteiger partial charge in [0.25, 0.3) is 0 Å². The second-order valence-electron chi connectivity index (χ2n) is 13.9. The number of aromatic nitrogens is 9. The van der Waals surface area contributed by atoms with Crippen LogP contribution in [0.3, 0.4) is 0 Å². The minimum absolute atomic E-state index is 0.929. The summed E-state index contributed by atoms with van der Waals surface area (Å²) in [6.45, 7) is 10.6. The van der Waals surface area contributed by atoms with E-state index in [9.17, 15) is 0 Å². The molecule has 0 bridgehead atoms. The van der Waals surface area contributed by atoms with Gasteiger partial charge in [-0.05, 0) is 49.8 Å². The fraction of sp³-hybridized carbons (Fsp3) is 0.265. The van der Waals surface area contributed by atoms with Crippen molar-refractivity contribution in [3.05, 3.63) is 160 Å². The normalized spacial score (nSPS) is 9.91. The van der Waals surface area contributed by atoms with Gasteiger partial charge in [-0.3, -0.25) is 14.5 Å². The number of aromatic amines is 1. The highest BCUT2D eigenvalue weighted by Gasteiger charge is 2.11. The molecule has 0 aliphatic carbocycles. The van der Waals surface area contributed by atoms with Crippen LogP contribution >= 0.6 is 34.0 Å². The minimum atomic E-state index is 0.929. The number of hydrogen-bond acceptors (Lipinski definition) is 12. The van der Waals surface area contributed by atoms with E-state index in [2.05, 4.69) is 159 Å². The number of aryl methyl sites for hydroxylation is 7. The molecule has 6 heterocycles. The third-order valence-electron chi connectivity index (χ3n) is 9.24. The zero-order valence-electron chi connectivity index (χ0n) is 38.6. The summed E-state index contributed by atoms with van der Waals surface area (Å²) >= 11 is 4.90. The van der Waals surface area contributed by atoms with Crippen LogP contribution in [0.25, 0.3) is 33.8 Å². The molecule has 0 unspecified atom stereocenters. The molecule has 64 heavy (non-hydrogen) atoms. The predicted molar refractivity (Wildman–Crippen MR) is 274 cm³/mol. The zero-order chi connectivity index (χ0) is 46.1. The molecule has 0 radical (unpaired) electrons. The van der Waals surface area contributed by atoms with Crippen LogP contribution in [0.1, 0.15) is 47.2 Å². The molecule has 0 saturated carbocycles. The van der Waals surface area contributed by atoms with Crippen molar-refractivity contribution >= 4 is 49.4 Å². The summed E-state index contributed by atoms with van der Waals surface area (Å²) in [6.07, 6.45) is 14.6. The second kappa shape index (κ2) is 27.6. The highest BCUT2D eigenvalue weighted by Crippen LogP contribution is 2.30. The Kier molecular flexibility index (Phi) is 21.7. The summed E-state index contributed by atoms with van der Waals surface area (Å²) < 4.78 is 3.56. The van der Waals surface area contributed by atoms with Crippen LogP contribution in [0.15, 0.2) is 134 Å². The van der Waals surface area contributed by atoms with Crippen molar-refractivity contribution < 1.29 is 0 Å². The maximum Gasteiger partial charge on any atom is 0.183 e. The Balaban J connectivity index is 0.000000171. The number of H-pyrrole nitrogens is 1. The molecule has 9 aromatic rings. The van der Waals surface area contributed by atoms with Gasteiger partial charge in [-0.25, -0.2) is 15.0 Å². The summed E-state index contributed by atoms with van der Waals surface area (Å²) in [6, 6.07) is 31.4. The molecule has 336 valence electrons. The van der Waals surface area contributed by atoms with Crippen molar-refractivity contribution in [2.45, 2.75) is 53.9 Å². The third-order valence-corrected chi connectivity index (χ3v) is 12.1. The van der Waals surface area contributed by atoms with Gasteiger partial charge in [0.05, 0.1) is 35.7 Å². The van der Waals surface area contributed by atoms with Gasteiger partial charge in [0.15, 0.2) is 15.4 Å². The minimum Gasteiger partial charge on any atom is -0.365 e. The van der Waals surface area contributed by atoms with E-state index in [4.69, 9.17) is 0 Å². The van der Waals surface area contributed by atoms with Crippen molar-refractivity contribution in [2.24, 2.45) is 14.1 Å². The molecule has 12 nitrogen and oxygen atoms in total. The lowest BCUT2D eigenvalue weighted by Gasteiger charge is -1.90. The highest BCUT2D eigenvalue weighted by atomic mass is 32.1. The number of anilines is 3. The highest BCUT2D eigenvalue weighted by molar-refractivity contribution is 7.16. The van der Waals surface area contributed by atoms with Gasteiger partial charge in [0, 0.05) is 85.7 Å². The second-order valence-corrected chi connectivity index (χ2v) is 17.2. The van der Waals surface area contributed by atoms with E-state index in [0.717, 1.165) is 68.4 Å². The molecule has 9 rings (SSSR count). The van der Waals surface area contributed by atoms with Crippen LogP contribution in [-0.2, 0) is 33.4 Å². The van der Waals surface area contributed by atoms with Gasteiger partial charge in [-0.15, -0.1) is 34.0 Å². The molecule has 0 fully saturated rings. The zero-order valence-corrected chi connectivity index (χ0v) is 41.1. The van der Waals surface area contributed by atoms with Crippen LogP contribution in [-0.4, -0.2) is 65.9 Å². The van der Waals surface area contributed by atoms with Gasteiger partial charge in [-0.1, -0.05) is 112 Å². The molecule has 0 spiro atoms. The lowest BCUT2D eigenvalue weighted by atomic mass is 10.2. The summed E-state index contributed by atoms with van der Waals surface area (Å²) in [5.74, 6) is 0. The van der Waals surface area contributed by atoms with E-state index in [1.165, 1.54) is 26.4 Å². The Morgan fingerprint density at radius 2 is 0.953 bits per heavy atom. The lowest BCUT2D eigenvalue weighted by Crippen LogP contribution is -1.86. The number of nitrogens with zero attached hydrogens (tertiary/aromatic N) is 8. The fourth-order valence-electron chi connectivity index (χ4n) is 5.68. The first-order valence-corrected chi connectivity index (χ1v) is 23.6. The Morgan fingerprint density at radius 3 is 1.27 bits per heavy atom. The molecular weight excluding hydrogens is 853 g/mol. The van der Waals surface area contributed by atoms with Crippen molar-refractivity contribution in [3.8, 4) is 33.8 Å². The Hall–Kier alpha value is -6.42. The predicted octanol–water partition coefficient (Wildman–Crippen LogP) is 12.1. The Labute approximate surface area is 391 Å². The average Bonchev–Trinajstić information content (AvgIpc) is 4.22. The molecule has 3 aromatic carbocycles. The van der Waals surface area contributed by atoms with E-state index in [1.54, 1.807) is 49.6 Å². The van der Waals surface area contributed by atoms with Gasteiger partial charge < -0.3 is 16.0 Å². The molecule has 0 saturated heterocycles. The van der Waals surface area contributed by atoms with Crippen LogP contribution in [0, 0.1) is 13.8 Å². The fourth-order valence-corrected chi connectivity index (χ4v) is 7.94. The third kappa shape index (κ3) is 16.7. The standard InChI is InChI=1S/C9H12N4S.2C8H10N4S.3C8H10/c1-6-8(12-9(10-2)14-6)7-4-11-13(3)5-7;1-9-8-11-7(5-13-8)6-3-10-12(2)4-6;1-5-7(6-3-10-11-4-6)12-8(9-2)13-5;3*1-2-8-6-4-3-5-7-8/h4-5H,1-3H3,(H,10,12);3-5H,1-2H3,(H,9,11);3-4H,1-2H3,(H,9,12)(H,10,11);3*3-7H,2H2,1H3. The van der Waals surface area contributed by atoms with Gasteiger partial charge in [0.1, 0.15) is 0 Å². The first kappa shape index (κ1) is 50.2. The van der Waals surface area contributed by atoms with Crippen molar-refractivity contribution in [3.63, 3.8) is 0 Å². The van der Waals surface area contributed by atoms with Gasteiger partial charge in [0.2, 0.25) is 0 Å². The van der Waals surface area contributed by atoms with Crippen molar-refractivity contribution in [1.29, 1.82) is 0 Å². The van der Waals surface area contributed by atoms with Crippen molar-refractivity contribution in [1.82, 2.24) is 44.7 Å². The quantitative estimate of drug-likeness (QED) is 0.111. The lowest BCUT2D eigenvalue weighted by molar-refractivity contribution is 0.768. The number of nitrogens with one attached hydrogen (secondary N) is 4. The van der Waals surface area contributed by atoms with Crippen LogP contribution < -0.4 is 16.0 Å². The first-order valence-electron chi connectivity index (χ1n) is 21.1. The number of rotatable bonds is 9. The summed E-state index contributed by atoms with van der Waals surface area (Å²) in [4.78, 5) is 15.7. The maximum absolute atomic E-state index is 4.47. The Bertz CT molecular complexity index is 2480. The summed E-state index contributed by atoms with van der Waals surface area (Å²) in [7, 11) is 9.42. The van der Waals surface area contributed by atoms with Crippen LogP contribution in [0.4, 0.5) is 15.4 Å². The number of thiazole rings is 3. The molecule has 0 aliphatic heterocycles. The number of benzene rings is 3. The smallest absolute Gasteiger partial charge is 0.183 e. The SMILES string of the molecule is CCc1ccccc1.CCc1ccccc1.CCc1ccccc1.CNc1nc(-c2cn[nH]c2)c(C)s1.CNc1nc(-c2cnn(C)c2)c(C)s1.CNc1nc(-c2cnn(C)c2)cs1. The largest absolute Gasteiger partial charge is 0.365 e. The summed E-state index contributed by atoms with van der Waals surface area (Å²) in [5.41, 5.74) is 10.4. The molecule has 4 N–H and O–H groups in total. The molecule has 6 aromatic heterocycles. The van der Waals surface area contributed by atoms with Gasteiger partial charge in [-0.2, -0.15) is 15.3 Å². The van der Waals surface area contributed by atoms with E-state index in [1.807, 2.05) is 89.8 Å². The molecular formula is C49H62N12S3. The average molecular weight is 915 g/mol. The molecule has 15 heteroatoms.